The lowest BCUT2D eigenvalue weighted by molar-refractivity contribution is -0.138. The van der Waals surface area contributed by atoms with Gasteiger partial charge in [-0.1, -0.05) is 30.3 Å². The molecule has 110 valence electrons. The van der Waals surface area contributed by atoms with Crippen LogP contribution >= 0.6 is 0 Å². The minimum Gasteiger partial charge on any atom is -0.497 e. The minimum atomic E-state index is -1.57. The Morgan fingerprint density at radius 1 is 1.05 bits per heavy atom. The highest BCUT2D eigenvalue weighted by atomic mass is 16.5. The van der Waals surface area contributed by atoms with Crippen molar-refractivity contribution in [2.75, 3.05) is 19.5 Å². The molecule has 0 bridgehead atoms. The minimum absolute atomic E-state index is 0.443. The molecule has 0 fully saturated rings. The molecule has 2 aromatic carbocycles. The Bertz CT molecular complexity index is 599. The Hall–Kier alpha value is -2.37. The van der Waals surface area contributed by atoms with Crippen LogP contribution in [0.5, 0.6) is 5.75 Å². The van der Waals surface area contributed by atoms with Crippen molar-refractivity contribution in [3.8, 4) is 5.75 Å². The molecular formula is C16H18N2O3. The summed E-state index contributed by atoms with van der Waals surface area (Å²) in [4.78, 5) is 12.4. The summed E-state index contributed by atoms with van der Waals surface area (Å²) in [6.07, 6.45) is 0. The number of nitrogens with two attached hydrogens (primary N) is 1. The Balaban J connectivity index is 2.24. The van der Waals surface area contributed by atoms with E-state index in [1.54, 1.807) is 43.5 Å². The van der Waals surface area contributed by atoms with Gasteiger partial charge < -0.3 is 14.8 Å². The molecule has 1 atom stereocenters. The first-order chi connectivity index (χ1) is 10.1. The molecule has 0 aliphatic rings. The number of nitrogens with one attached hydrogen (secondary N) is 1. The highest BCUT2D eigenvalue weighted by molar-refractivity contribution is 5.97. The van der Waals surface area contributed by atoms with E-state index in [0.29, 0.717) is 17.0 Å². The largest absolute Gasteiger partial charge is 0.497 e. The molecule has 2 aromatic rings. The zero-order valence-electron chi connectivity index (χ0n) is 12.0. The number of carbonyl (C=O) groups excluding carboxylic acids is 1. The summed E-state index contributed by atoms with van der Waals surface area (Å²) in [5.41, 5.74) is 5.76. The first-order valence-corrected chi connectivity index (χ1v) is 6.45. The van der Waals surface area contributed by atoms with Crippen LogP contribution < -0.4 is 15.8 Å². The second-order valence-corrected chi connectivity index (χ2v) is 4.49. The number of carbonyl (C=O) groups is 1. The average Bonchev–Trinajstić information content (AvgIpc) is 2.55. The zero-order chi connectivity index (χ0) is 15.3. The van der Waals surface area contributed by atoms with Crippen molar-refractivity contribution in [3.63, 3.8) is 0 Å². The van der Waals surface area contributed by atoms with Gasteiger partial charge in [0.15, 0.2) is 0 Å². The third kappa shape index (κ3) is 3.21. The predicted molar refractivity (Wildman–Crippen MR) is 80.9 cm³/mol. The van der Waals surface area contributed by atoms with E-state index >= 15 is 0 Å². The average molecular weight is 286 g/mol. The van der Waals surface area contributed by atoms with E-state index < -0.39 is 11.6 Å². The number of rotatable bonds is 5. The first-order valence-electron chi connectivity index (χ1n) is 6.45. The molecule has 0 aliphatic heterocycles. The summed E-state index contributed by atoms with van der Waals surface area (Å²) in [6, 6.07) is 15.9. The Labute approximate surface area is 123 Å². The Morgan fingerprint density at radius 3 is 2.19 bits per heavy atom. The lowest BCUT2D eigenvalue weighted by Gasteiger charge is -2.27. The molecule has 0 spiro atoms. The van der Waals surface area contributed by atoms with E-state index in [2.05, 4.69) is 5.32 Å². The van der Waals surface area contributed by atoms with E-state index in [0.717, 1.165) is 0 Å². The number of ether oxygens (including phenoxy) is 2. The molecule has 3 N–H and O–H groups in total. The van der Waals surface area contributed by atoms with Crippen LogP contribution in [0.4, 0.5) is 5.69 Å². The third-order valence-electron chi connectivity index (χ3n) is 3.21. The maximum atomic E-state index is 12.4. The predicted octanol–water partition coefficient (Wildman–Crippen LogP) is 2.09. The molecule has 5 nitrogen and oxygen atoms in total. The van der Waals surface area contributed by atoms with Crippen molar-refractivity contribution in [2.24, 2.45) is 5.73 Å². The van der Waals surface area contributed by atoms with Gasteiger partial charge >= 0.3 is 0 Å². The van der Waals surface area contributed by atoms with Crippen LogP contribution in [-0.4, -0.2) is 20.1 Å². The molecule has 0 saturated heterocycles. The van der Waals surface area contributed by atoms with Crippen LogP contribution in [-0.2, 0) is 15.3 Å². The van der Waals surface area contributed by atoms with Crippen LogP contribution in [0.15, 0.2) is 54.6 Å². The van der Waals surface area contributed by atoms with Gasteiger partial charge in [0.1, 0.15) is 5.75 Å². The molecular weight excluding hydrogens is 268 g/mol. The maximum Gasteiger partial charge on any atom is 0.276 e. The van der Waals surface area contributed by atoms with Crippen molar-refractivity contribution in [3.05, 3.63) is 60.2 Å². The number of hydrogen-bond donors (Lipinski definition) is 2. The molecule has 1 amide bonds. The fourth-order valence-corrected chi connectivity index (χ4v) is 1.93. The monoisotopic (exact) mass is 286 g/mol. The molecule has 5 heteroatoms. The van der Waals surface area contributed by atoms with Gasteiger partial charge in [0.25, 0.3) is 5.91 Å². The lowest BCUT2D eigenvalue weighted by Crippen LogP contribution is -2.49. The summed E-state index contributed by atoms with van der Waals surface area (Å²) in [6.45, 7) is 0. The topological polar surface area (TPSA) is 73.6 Å². The van der Waals surface area contributed by atoms with Gasteiger partial charge in [0.05, 0.1) is 7.11 Å². The Morgan fingerprint density at radius 2 is 1.67 bits per heavy atom. The van der Waals surface area contributed by atoms with Crippen LogP contribution in [0.2, 0.25) is 0 Å². The highest BCUT2D eigenvalue weighted by Gasteiger charge is 2.36. The summed E-state index contributed by atoms with van der Waals surface area (Å²) in [5.74, 6) is 0.238. The van der Waals surface area contributed by atoms with Crippen molar-refractivity contribution in [1.82, 2.24) is 0 Å². The first kappa shape index (κ1) is 15.0. The van der Waals surface area contributed by atoms with Crippen molar-refractivity contribution in [1.29, 1.82) is 0 Å². The van der Waals surface area contributed by atoms with Crippen molar-refractivity contribution >= 4 is 11.6 Å². The standard InChI is InChI=1S/C16H18N2O3/c1-20-14-10-8-12(9-11-14)16(17,21-2)15(19)18-13-6-4-3-5-7-13/h3-11H,17H2,1-2H3,(H,18,19)/t16-/m0/s1. The van der Waals surface area contributed by atoms with Crippen LogP contribution in [0.1, 0.15) is 5.56 Å². The van der Waals surface area contributed by atoms with Crippen molar-refractivity contribution < 1.29 is 14.3 Å². The van der Waals surface area contributed by atoms with Gasteiger partial charge in [-0.05, 0) is 24.3 Å². The maximum absolute atomic E-state index is 12.4. The van der Waals surface area contributed by atoms with Crippen molar-refractivity contribution in [2.45, 2.75) is 5.72 Å². The number of methoxy groups -OCH3 is 2. The smallest absolute Gasteiger partial charge is 0.276 e. The van der Waals surface area contributed by atoms with E-state index in [-0.39, 0.29) is 0 Å². The van der Waals surface area contributed by atoms with Crippen LogP contribution in [0.25, 0.3) is 0 Å². The lowest BCUT2D eigenvalue weighted by atomic mass is 10.0. The van der Waals surface area contributed by atoms with Gasteiger partial charge in [0.2, 0.25) is 5.72 Å². The molecule has 21 heavy (non-hydrogen) atoms. The summed E-state index contributed by atoms with van der Waals surface area (Å²) in [7, 11) is 2.97. The second-order valence-electron chi connectivity index (χ2n) is 4.49. The number of benzene rings is 2. The van der Waals surface area contributed by atoms with Gasteiger partial charge in [-0.3, -0.25) is 10.5 Å². The van der Waals surface area contributed by atoms with E-state index in [9.17, 15) is 4.79 Å². The molecule has 2 rings (SSSR count). The number of para-hydroxylation sites is 1. The van der Waals surface area contributed by atoms with Crippen LogP contribution in [0, 0.1) is 0 Å². The highest BCUT2D eigenvalue weighted by Crippen LogP contribution is 2.24. The summed E-state index contributed by atoms with van der Waals surface area (Å²) in [5, 5.41) is 2.74. The van der Waals surface area contributed by atoms with E-state index in [1.165, 1.54) is 7.11 Å². The fraction of sp³-hybridized carbons (Fsp3) is 0.188. The number of hydrogen-bond acceptors (Lipinski definition) is 4. The summed E-state index contributed by atoms with van der Waals surface area (Å²) >= 11 is 0. The van der Waals surface area contributed by atoms with Gasteiger partial charge in [-0.2, -0.15) is 0 Å². The van der Waals surface area contributed by atoms with Crippen LogP contribution in [0.3, 0.4) is 0 Å². The van der Waals surface area contributed by atoms with Gasteiger partial charge in [-0.15, -0.1) is 0 Å². The Kier molecular flexibility index (Phi) is 4.57. The number of anilines is 1. The molecule has 0 radical (unpaired) electrons. The van der Waals surface area contributed by atoms with E-state index in [1.807, 2.05) is 18.2 Å². The normalized spacial score (nSPS) is 13.3. The number of amides is 1. The third-order valence-corrected chi connectivity index (χ3v) is 3.21. The van der Waals surface area contributed by atoms with Gasteiger partial charge in [-0.25, -0.2) is 0 Å². The SMILES string of the molecule is COc1ccc([C@](N)(OC)C(=O)Nc2ccccc2)cc1. The van der Waals surface area contributed by atoms with Gasteiger partial charge in [0, 0.05) is 18.4 Å². The van der Waals surface area contributed by atoms with E-state index in [4.69, 9.17) is 15.2 Å². The quantitative estimate of drug-likeness (QED) is 0.825. The zero-order valence-corrected chi connectivity index (χ0v) is 12.0. The fourth-order valence-electron chi connectivity index (χ4n) is 1.93. The molecule has 0 aliphatic carbocycles. The molecule has 0 heterocycles. The second kappa shape index (κ2) is 6.39. The summed E-state index contributed by atoms with van der Waals surface area (Å²) < 4.78 is 10.3. The molecule has 0 unspecified atom stereocenters. The molecule has 0 aromatic heterocycles. The molecule has 0 saturated carbocycles.